The van der Waals surface area contributed by atoms with Crippen molar-refractivity contribution in [1.82, 2.24) is 20.2 Å². The van der Waals surface area contributed by atoms with Crippen LogP contribution in [0.25, 0.3) is 10.2 Å². The van der Waals surface area contributed by atoms with Gasteiger partial charge in [-0.3, -0.25) is 4.79 Å². The number of anilines is 1. The van der Waals surface area contributed by atoms with Crippen LogP contribution in [0.5, 0.6) is 0 Å². The number of hydrogen-bond donors (Lipinski definition) is 1. The lowest BCUT2D eigenvalue weighted by Gasteiger charge is -2.41. The van der Waals surface area contributed by atoms with Gasteiger partial charge in [0.05, 0.1) is 11.3 Å². The Bertz CT molecular complexity index is 827. The molecule has 3 fully saturated rings. The Hall–Kier alpha value is -1.44. The highest BCUT2D eigenvalue weighted by Crippen LogP contribution is 2.38. The molecule has 3 saturated heterocycles. The third kappa shape index (κ3) is 3.60. The quantitative estimate of drug-likeness (QED) is 0.807. The van der Waals surface area contributed by atoms with E-state index in [2.05, 4.69) is 36.5 Å². The van der Waals surface area contributed by atoms with Gasteiger partial charge in [-0.05, 0) is 55.5 Å². The molecule has 5 heterocycles. The van der Waals surface area contributed by atoms with Gasteiger partial charge >= 0.3 is 0 Å². The fourth-order valence-electron chi connectivity index (χ4n) is 5.08. The van der Waals surface area contributed by atoms with Crippen LogP contribution in [0.1, 0.15) is 32.1 Å². The van der Waals surface area contributed by atoms with Crippen molar-refractivity contribution >= 4 is 45.7 Å². The Kier molecular flexibility index (Phi) is 5.76. The molecule has 28 heavy (non-hydrogen) atoms. The third-order valence-electron chi connectivity index (χ3n) is 6.78. The Morgan fingerprint density at radius 3 is 2.86 bits per heavy atom. The molecule has 8 heteroatoms. The minimum absolute atomic E-state index is 0. The number of nitrogens with zero attached hydrogens (tertiary/aromatic N) is 4. The molecule has 0 radical (unpaired) electrons. The molecule has 1 N–H and O–H groups in total. The smallest absolute Gasteiger partial charge is 0.227 e. The highest BCUT2D eigenvalue weighted by Gasteiger charge is 2.39. The maximum Gasteiger partial charge on any atom is 0.227 e. The van der Waals surface area contributed by atoms with E-state index in [9.17, 15) is 4.79 Å². The largest absolute Gasteiger partial charge is 0.355 e. The standard InChI is InChI=1S/C20H27N5OS.ClH/c26-19(24-9-5-20(6-10-24)4-7-21-13-20)15-2-1-8-25(12-15)17-16-3-11-27-18(16)23-14-22-17;/h3,11,14-15,21H,1-2,4-10,12-13H2;1H. The van der Waals surface area contributed by atoms with Gasteiger partial charge in [0.1, 0.15) is 17.0 Å². The van der Waals surface area contributed by atoms with Crippen molar-refractivity contribution < 1.29 is 4.79 Å². The number of carbonyl (C=O) groups excluding carboxylic acids is 1. The molecule has 0 aliphatic carbocycles. The second kappa shape index (κ2) is 8.13. The Labute approximate surface area is 176 Å². The lowest BCUT2D eigenvalue weighted by atomic mass is 9.77. The van der Waals surface area contributed by atoms with Gasteiger partial charge in [0, 0.05) is 32.7 Å². The predicted molar refractivity (Wildman–Crippen MR) is 115 cm³/mol. The summed E-state index contributed by atoms with van der Waals surface area (Å²) in [5, 5.41) is 6.69. The van der Waals surface area contributed by atoms with Crippen molar-refractivity contribution in [3.05, 3.63) is 17.8 Å². The maximum absolute atomic E-state index is 13.2. The van der Waals surface area contributed by atoms with Crippen LogP contribution >= 0.6 is 23.7 Å². The van der Waals surface area contributed by atoms with E-state index in [-0.39, 0.29) is 18.3 Å². The Morgan fingerprint density at radius 2 is 2.07 bits per heavy atom. The second-order valence-corrected chi connectivity index (χ2v) is 9.27. The molecule has 3 aliphatic rings. The van der Waals surface area contributed by atoms with Crippen molar-refractivity contribution in [1.29, 1.82) is 0 Å². The van der Waals surface area contributed by atoms with Gasteiger partial charge in [-0.2, -0.15) is 0 Å². The fourth-order valence-corrected chi connectivity index (χ4v) is 5.81. The molecule has 0 bridgehead atoms. The zero-order valence-electron chi connectivity index (χ0n) is 16.1. The number of halogens is 1. The lowest BCUT2D eigenvalue weighted by Crippen LogP contribution is -2.49. The summed E-state index contributed by atoms with van der Waals surface area (Å²) in [7, 11) is 0. The molecule has 6 nitrogen and oxygen atoms in total. The van der Waals surface area contributed by atoms with Crippen LogP contribution in [0.2, 0.25) is 0 Å². The van der Waals surface area contributed by atoms with Crippen molar-refractivity contribution in [3.8, 4) is 0 Å². The second-order valence-electron chi connectivity index (χ2n) is 8.37. The first-order valence-electron chi connectivity index (χ1n) is 10.2. The molecule has 3 aliphatic heterocycles. The Morgan fingerprint density at radius 1 is 1.21 bits per heavy atom. The van der Waals surface area contributed by atoms with E-state index in [1.54, 1.807) is 17.7 Å². The predicted octanol–water partition coefficient (Wildman–Crippen LogP) is 2.93. The van der Waals surface area contributed by atoms with Crippen LogP contribution in [0, 0.1) is 11.3 Å². The highest BCUT2D eigenvalue weighted by molar-refractivity contribution is 7.16. The number of rotatable bonds is 2. The molecular formula is C20H28ClN5OS. The maximum atomic E-state index is 13.2. The summed E-state index contributed by atoms with van der Waals surface area (Å²) in [4.78, 5) is 27.6. The molecule has 1 spiro atoms. The number of nitrogens with one attached hydrogen (secondary N) is 1. The van der Waals surface area contributed by atoms with Crippen molar-refractivity contribution in [2.75, 3.05) is 44.2 Å². The van der Waals surface area contributed by atoms with Gasteiger partial charge in [0.15, 0.2) is 0 Å². The number of fused-ring (bicyclic) bond motifs is 1. The number of carbonyl (C=O) groups is 1. The van der Waals surface area contributed by atoms with E-state index in [0.717, 1.165) is 81.0 Å². The van der Waals surface area contributed by atoms with Crippen LogP contribution in [0.15, 0.2) is 17.8 Å². The summed E-state index contributed by atoms with van der Waals surface area (Å²) in [5.41, 5.74) is 0.459. The van der Waals surface area contributed by atoms with Crippen LogP contribution < -0.4 is 10.2 Å². The summed E-state index contributed by atoms with van der Waals surface area (Å²) in [5.74, 6) is 1.45. The molecule has 1 amide bonds. The van der Waals surface area contributed by atoms with E-state index >= 15 is 0 Å². The minimum atomic E-state index is 0. The number of thiophene rings is 1. The SMILES string of the molecule is Cl.O=C(C1CCCN(c2ncnc3sccc23)C1)N1CCC2(CCNC2)CC1. The zero-order valence-corrected chi connectivity index (χ0v) is 17.7. The van der Waals surface area contributed by atoms with Crippen molar-refractivity contribution in [2.45, 2.75) is 32.1 Å². The molecule has 0 aromatic carbocycles. The summed E-state index contributed by atoms with van der Waals surface area (Å²) < 4.78 is 0. The lowest BCUT2D eigenvalue weighted by molar-refractivity contribution is -0.138. The summed E-state index contributed by atoms with van der Waals surface area (Å²) in [6.45, 7) is 5.89. The number of hydrogen-bond acceptors (Lipinski definition) is 6. The van der Waals surface area contributed by atoms with Gasteiger partial charge in [-0.15, -0.1) is 23.7 Å². The molecule has 5 rings (SSSR count). The van der Waals surface area contributed by atoms with Gasteiger partial charge < -0.3 is 15.1 Å². The first kappa shape index (κ1) is 19.9. The average Bonchev–Trinajstić information content (AvgIpc) is 3.38. The van der Waals surface area contributed by atoms with E-state index < -0.39 is 0 Å². The molecule has 152 valence electrons. The van der Waals surface area contributed by atoms with E-state index in [0.29, 0.717) is 11.3 Å². The first-order chi connectivity index (χ1) is 13.2. The average molecular weight is 422 g/mol. The summed E-state index contributed by atoms with van der Waals surface area (Å²) >= 11 is 1.65. The molecule has 0 saturated carbocycles. The minimum Gasteiger partial charge on any atom is -0.355 e. The topological polar surface area (TPSA) is 61.4 Å². The van der Waals surface area contributed by atoms with Crippen LogP contribution in [0.3, 0.4) is 0 Å². The molecule has 1 atom stereocenters. The molecular weight excluding hydrogens is 394 g/mol. The van der Waals surface area contributed by atoms with Gasteiger partial charge in [-0.1, -0.05) is 0 Å². The molecule has 2 aromatic rings. The van der Waals surface area contributed by atoms with E-state index in [1.807, 2.05) is 0 Å². The number of likely N-dealkylation sites (tertiary alicyclic amines) is 1. The number of aromatic nitrogens is 2. The van der Waals surface area contributed by atoms with Crippen molar-refractivity contribution in [3.63, 3.8) is 0 Å². The highest BCUT2D eigenvalue weighted by atomic mass is 35.5. The summed E-state index contributed by atoms with van der Waals surface area (Å²) in [6, 6.07) is 2.10. The monoisotopic (exact) mass is 421 g/mol. The fraction of sp³-hybridized carbons (Fsp3) is 0.650. The van der Waals surface area contributed by atoms with Crippen LogP contribution in [-0.4, -0.2) is 60.0 Å². The van der Waals surface area contributed by atoms with E-state index in [1.165, 1.54) is 6.42 Å². The van der Waals surface area contributed by atoms with Gasteiger partial charge in [-0.25, -0.2) is 9.97 Å². The third-order valence-corrected chi connectivity index (χ3v) is 7.60. The molecule has 1 unspecified atom stereocenters. The van der Waals surface area contributed by atoms with E-state index in [4.69, 9.17) is 0 Å². The van der Waals surface area contributed by atoms with Crippen LogP contribution in [0.4, 0.5) is 5.82 Å². The Balaban J connectivity index is 0.00000192. The van der Waals surface area contributed by atoms with Gasteiger partial charge in [0.2, 0.25) is 5.91 Å². The number of piperidine rings is 2. The first-order valence-corrected chi connectivity index (χ1v) is 11.0. The van der Waals surface area contributed by atoms with Crippen molar-refractivity contribution in [2.24, 2.45) is 11.3 Å². The summed E-state index contributed by atoms with van der Waals surface area (Å²) in [6.07, 6.45) is 7.28. The number of amides is 1. The van der Waals surface area contributed by atoms with Gasteiger partial charge in [0.25, 0.3) is 0 Å². The molecule has 2 aromatic heterocycles. The van der Waals surface area contributed by atoms with Crippen LogP contribution in [-0.2, 0) is 4.79 Å². The zero-order chi connectivity index (χ0) is 18.3. The normalized spacial score (nSPS) is 24.5.